The van der Waals surface area contributed by atoms with Gasteiger partial charge < -0.3 is 19.9 Å². The number of hydrogen-bond donors (Lipinski definition) is 1. The van der Waals surface area contributed by atoms with Crippen LogP contribution in [0.15, 0.2) is 0 Å². The zero-order valence-electron chi connectivity index (χ0n) is 14.9. The Morgan fingerprint density at radius 3 is 2.50 bits per heavy atom. The highest BCUT2D eigenvalue weighted by molar-refractivity contribution is 5.88. The summed E-state index contributed by atoms with van der Waals surface area (Å²) in [7, 11) is 0. The number of esters is 1. The number of piperidine rings is 1. The second kappa shape index (κ2) is 8.46. The fourth-order valence-corrected chi connectivity index (χ4v) is 3.33. The minimum atomic E-state index is -0.276. The van der Waals surface area contributed by atoms with Gasteiger partial charge in [-0.15, -0.1) is 0 Å². The SMILES string of the molecule is CC(=O)OC1CCN(C(=O)CN2CCNC(CC(C)C)C2=O)CC1. The lowest BCUT2D eigenvalue weighted by Gasteiger charge is -2.36. The Bertz CT molecular complexity index is 472. The van der Waals surface area contributed by atoms with Crippen LogP contribution in [-0.4, -0.2) is 72.5 Å². The first-order valence-electron chi connectivity index (χ1n) is 8.84. The van der Waals surface area contributed by atoms with Gasteiger partial charge in [-0.25, -0.2) is 0 Å². The van der Waals surface area contributed by atoms with E-state index in [4.69, 9.17) is 4.74 Å². The van der Waals surface area contributed by atoms with E-state index >= 15 is 0 Å². The Kier molecular flexibility index (Phi) is 6.60. The van der Waals surface area contributed by atoms with Crippen molar-refractivity contribution >= 4 is 17.8 Å². The molecule has 2 saturated heterocycles. The van der Waals surface area contributed by atoms with Gasteiger partial charge in [-0.1, -0.05) is 13.8 Å². The average molecular weight is 339 g/mol. The van der Waals surface area contributed by atoms with E-state index in [1.54, 1.807) is 9.80 Å². The summed E-state index contributed by atoms with van der Waals surface area (Å²) in [6.07, 6.45) is 2.02. The monoisotopic (exact) mass is 339 g/mol. The first-order chi connectivity index (χ1) is 11.4. The zero-order valence-corrected chi connectivity index (χ0v) is 14.9. The van der Waals surface area contributed by atoms with Crippen LogP contribution in [0.5, 0.6) is 0 Å². The second-order valence-corrected chi connectivity index (χ2v) is 7.09. The van der Waals surface area contributed by atoms with Crippen molar-refractivity contribution in [1.29, 1.82) is 0 Å². The summed E-state index contributed by atoms with van der Waals surface area (Å²) in [6.45, 7) is 8.18. The predicted octanol–water partition coefficient (Wildman–Crippen LogP) is 0.387. The number of nitrogens with one attached hydrogen (secondary N) is 1. The van der Waals surface area contributed by atoms with E-state index in [2.05, 4.69) is 19.2 Å². The summed E-state index contributed by atoms with van der Waals surface area (Å²) in [5, 5.41) is 3.24. The number of likely N-dealkylation sites (tertiary alicyclic amines) is 1. The number of piperazine rings is 1. The number of nitrogens with zero attached hydrogens (tertiary/aromatic N) is 2. The van der Waals surface area contributed by atoms with Crippen molar-refractivity contribution in [2.24, 2.45) is 5.92 Å². The molecule has 2 amide bonds. The molecule has 2 aliphatic rings. The molecule has 0 saturated carbocycles. The molecule has 0 spiro atoms. The first-order valence-corrected chi connectivity index (χ1v) is 8.84. The van der Waals surface area contributed by atoms with Gasteiger partial charge >= 0.3 is 5.97 Å². The third kappa shape index (κ3) is 5.19. The molecule has 136 valence electrons. The molecule has 2 heterocycles. The standard InChI is InChI=1S/C17H29N3O4/c1-12(2)10-15-17(23)20(9-6-18-15)11-16(22)19-7-4-14(5-8-19)24-13(3)21/h12,14-15,18H,4-11H2,1-3H3. The molecule has 2 aliphatic heterocycles. The molecule has 2 fully saturated rings. The zero-order chi connectivity index (χ0) is 17.7. The van der Waals surface area contributed by atoms with E-state index in [1.807, 2.05) is 0 Å². The molecule has 1 atom stereocenters. The number of amides is 2. The van der Waals surface area contributed by atoms with Gasteiger partial charge in [0.05, 0.1) is 12.6 Å². The highest BCUT2D eigenvalue weighted by atomic mass is 16.5. The van der Waals surface area contributed by atoms with Crippen LogP contribution < -0.4 is 5.32 Å². The average Bonchev–Trinajstić information content (AvgIpc) is 2.51. The molecule has 0 radical (unpaired) electrons. The molecule has 0 aromatic rings. The van der Waals surface area contributed by atoms with Crippen molar-refractivity contribution in [2.45, 2.75) is 52.2 Å². The van der Waals surface area contributed by atoms with Crippen molar-refractivity contribution in [1.82, 2.24) is 15.1 Å². The molecular weight excluding hydrogens is 310 g/mol. The summed E-state index contributed by atoms with van der Waals surface area (Å²) >= 11 is 0. The topological polar surface area (TPSA) is 79.0 Å². The molecule has 0 aliphatic carbocycles. The molecule has 2 rings (SSSR count). The number of carbonyl (C=O) groups excluding carboxylic acids is 3. The van der Waals surface area contributed by atoms with Crippen LogP contribution >= 0.6 is 0 Å². The minimum absolute atomic E-state index is 0.0187. The second-order valence-electron chi connectivity index (χ2n) is 7.09. The van der Waals surface area contributed by atoms with Crippen molar-refractivity contribution in [2.75, 3.05) is 32.7 Å². The van der Waals surface area contributed by atoms with Gasteiger partial charge in [0.1, 0.15) is 6.10 Å². The van der Waals surface area contributed by atoms with E-state index in [9.17, 15) is 14.4 Å². The normalized spacial score (nSPS) is 22.8. The Morgan fingerprint density at radius 1 is 1.25 bits per heavy atom. The lowest BCUT2D eigenvalue weighted by Crippen LogP contribution is -2.58. The van der Waals surface area contributed by atoms with Gasteiger partial charge in [-0.2, -0.15) is 0 Å². The van der Waals surface area contributed by atoms with E-state index in [0.717, 1.165) is 13.0 Å². The maximum Gasteiger partial charge on any atom is 0.302 e. The van der Waals surface area contributed by atoms with Crippen LogP contribution in [0.2, 0.25) is 0 Å². The van der Waals surface area contributed by atoms with E-state index in [0.29, 0.717) is 38.4 Å². The molecule has 0 aromatic carbocycles. The van der Waals surface area contributed by atoms with Crippen LogP contribution in [0, 0.1) is 5.92 Å². The molecule has 7 nitrogen and oxygen atoms in total. The Balaban J connectivity index is 1.81. The van der Waals surface area contributed by atoms with Gasteiger partial charge in [0, 0.05) is 45.9 Å². The lowest BCUT2D eigenvalue weighted by molar-refractivity contribution is -0.151. The first kappa shape index (κ1) is 18.7. The molecule has 0 bridgehead atoms. The van der Waals surface area contributed by atoms with Crippen LogP contribution in [0.3, 0.4) is 0 Å². The molecule has 0 aromatic heterocycles. The maximum atomic E-state index is 12.5. The van der Waals surface area contributed by atoms with E-state index < -0.39 is 0 Å². The van der Waals surface area contributed by atoms with E-state index in [-0.39, 0.29) is 36.5 Å². The number of ether oxygens (including phenoxy) is 1. The van der Waals surface area contributed by atoms with Crippen molar-refractivity contribution < 1.29 is 19.1 Å². The number of rotatable bonds is 5. The van der Waals surface area contributed by atoms with Crippen molar-refractivity contribution in [3.63, 3.8) is 0 Å². The van der Waals surface area contributed by atoms with Gasteiger partial charge in [-0.3, -0.25) is 14.4 Å². The van der Waals surface area contributed by atoms with Gasteiger partial charge in [0.2, 0.25) is 11.8 Å². The summed E-state index contributed by atoms with van der Waals surface area (Å²) in [4.78, 5) is 39.4. The summed E-state index contributed by atoms with van der Waals surface area (Å²) < 4.78 is 5.19. The van der Waals surface area contributed by atoms with E-state index in [1.165, 1.54) is 6.92 Å². The van der Waals surface area contributed by atoms with Gasteiger partial charge in [-0.05, 0) is 12.3 Å². The summed E-state index contributed by atoms with van der Waals surface area (Å²) in [6, 6.07) is -0.179. The number of hydrogen-bond acceptors (Lipinski definition) is 5. The minimum Gasteiger partial charge on any atom is -0.462 e. The maximum absolute atomic E-state index is 12.5. The fourth-order valence-electron chi connectivity index (χ4n) is 3.33. The highest BCUT2D eigenvalue weighted by Crippen LogP contribution is 2.15. The smallest absolute Gasteiger partial charge is 0.302 e. The van der Waals surface area contributed by atoms with Crippen LogP contribution in [0.25, 0.3) is 0 Å². The lowest BCUT2D eigenvalue weighted by atomic mass is 10.0. The quantitative estimate of drug-likeness (QED) is 0.733. The molecule has 1 N–H and O–H groups in total. The summed E-state index contributed by atoms with van der Waals surface area (Å²) in [5.41, 5.74) is 0. The third-order valence-corrected chi connectivity index (χ3v) is 4.54. The third-order valence-electron chi connectivity index (χ3n) is 4.54. The molecule has 1 unspecified atom stereocenters. The van der Waals surface area contributed by atoms with Crippen LogP contribution in [0.1, 0.15) is 40.0 Å². The van der Waals surface area contributed by atoms with Crippen LogP contribution in [-0.2, 0) is 19.1 Å². The Hall–Kier alpha value is -1.63. The van der Waals surface area contributed by atoms with Gasteiger partial charge in [0.15, 0.2) is 0 Å². The van der Waals surface area contributed by atoms with Gasteiger partial charge in [0.25, 0.3) is 0 Å². The van der Waals surface area contributed by atoms with Crippen molar-refractivity contribution in [3.05, 3.63) is 0 Å². The predicted molar refractivity (Wildman–Crippen MR) is 89.2 cm³/mol. The molecule has 7 heteroatoms. The Labute approximate surface area is 143 Å². The highest BCUT2D eigenvalue weighted by Gasteiger charge is 2.32. The fraction of sp³-hybridized carbons (Fsp3) is 0.824. The molecular formula is C17H29N3O4. The summed E-state index contributed by atoms with van der Waals surface area (Å²) in [5.74, 6) is 0.165. The molecule has 24 heavy (non-hydrogen) atoms. The van der Waals surface area contributed by atoms with Crippen molar-refractivity contribution in [3.8, 4) is 0 Å². The van der Waals surface area contributed by atoms with Crippen LogP contribution in [0.4, 0.5) is 0 Å². The Morgan fingerprint density at radius 2 is 1.92 bits per heavy atom. The largest absolute Gasteiger partial charge is 0.462 e. The number of carbonyl (C=O) groups is 3.